The number of ether oxygens (including phenoxy) is 2. The van der Waals surface area contributed by atoms with E-state index in [1.54, 1.807) is 36.8 Å². The molecule has 0 atom stereocenters. The molecular weight excluding hydrogens is 331 g/mol. The van der Waals surface area contributed by atoms with Gasteiger partial charge in [-0.3, -0.25) is 4.79 Å². The second-order valence-electron chi connectivity index (χ2n) is 4.25. The Hall–Kier alpha value is -0.780. The summed E-state index contributed by atoms with van der Waals surface area (Å²) < 4.78 is 10.5. The van der Waals surface area contributed by atoms with Crippen molar-refractivity contribution in [2.45, 2.75) is 20.3 Å². The first-order valence-corrected chi connectivity index (χ1v) is 6.52. The van der Waals surface area contributed by atoms with E-state index >= 15 is 0 Å². The maximum atomic E-state index is 11.6. The van der Waals surface area contributed by atoms with Crippen molar-refractivity contribution in [2.24, 2.45) is 5.92 Å². The third kappa shape index (κ3) is 3.59. The molecule has 1 aromatic carbocycles. The molecule has 0 aliphatic heterocycles. The third-order valence-corrected chi connectivity index (χ3v) is 2.98. The monoisotopic (exact) mass is 348 g/mol. The SMILES string of the molecule is COc1cc(CC(C)C)cc(C(=O)I)c1OC. The quantitative estimate of drug-likeness (QED) is 0.604. The van der Waals surface area contributed by atoms with E-state index in [1.165, 1.54) is 0 Å². The molecule has 0 saturated heterocycles. The van der Waals surface area contributed by atoms with Crippen LogP contribution in [0.4, 0.5) is 0 Å². The summed E-state index contributed by atoms with van der Waals surface area (Å²) in [6, 6.07) is 3.82. The number of rotatable bonds is 5. The van der Waals surface area contributed by atoms with Gasteiger partial charge in [0.1, 0.15) is 0 Å². The smallest absolute Gasteiger partial charge is 0.226 e. The standard InChI is InChI=1S/C13H17IO3/c1-8(2)5-9-6-10(13(14)15)12(17-4)11(7-9)16-3/h6-8H,5H2,1-4H3. The van der Waals surface area contributed by atoms with Crippen molar-refractivity contribution in [3.63, 3.8) is 0 Å². The minimum atomic E-state index is -0.0386. The molecule has 0 aromatic heterocycles. The number of carbonyl (C=O) groups excluding carboxylic acids is 1. The van der Waals surface area contributed by atoms with Gasteiger partial charge in [-0.1, -0.05) is 13.8 Å². The summed E-state index contributed by atoms with van der Waals surface area (Å²) in [5.74, 6) is 1.66. The summed E-state index contributed by atoms with van der Waals surface area (Å²) in [7, 11) is 3.13. The van der Waals surface area contributed by atoms with Gasteiger partial charge in [0.25, 0.3) is 0 Å². The highest BCUT2D eigenvalue weighted by Crippen LogP contribution is 2.34. The van der Waals surface area contributed by atoms with Gasteiger partial charge in [0, 0.05) is 22.6 Å². The van der Waals surface area contributed by atoms with Crippen molar-refractivity contribution in [1.82, 2.24) is 0 Å². The van der Waals surface area contributed by atoms with Crippen LogP contribution in [0, 0.1) is 5.92 Å². The first kappa shape index (κ1) is 14.3. The Morgan fingerprint density at radius 3 is 2.35 bits per heavy atom. The average Bonchev–Trinajstić information content (AvgIpc) is 2.26. The molecular formula is C13H17IO3. The van der Waals surface area contributed by atoms with Crippen LogP contribution in [0.5, 0.6) is 11.5 Å². The Balaban J connectivity index is 3.29. The lowest BCUT2D eigenvalue weighted by molar-refractivity contribution is 0.110. The molecule has 1 aromatic rings. The lowest BCUT2D eigenvalue weighted by Crippen LogP contribution is -2.02. The fourth-order valence-corrected chi connectivity index (χ4v) is 2.16. The number of halogens is 1. The van der Waals surface area contributed by atoms with Crippen molar-refractivity contribution >= 4 is 26.4 Å². The Labute approximate surface area is 116 Å². The summed E-state index contributed by atoms with van der Waals surface area (Å²) >= 11 is 1.77. The maximum Gasteiger partial charge on any atom is 0.226 e. The highest BCUT2D eigenvalue weighted by atomic mass is 127. The van der Waals surface area contributed by atoms with Gasteiger partial charge in [0.05, 0.1) is 19.8 Å². The van der Waals surface area contributed by atoms with Crippen LogP contribution in [0.25, 0.3) is 0 Å². The minimum absolute atomic E-state index is 0.0386. The second-order valence-corrected chi connectivity index (χ2v) is 5.23. The topological polar surface area (TPSA) is 35.5 Å². The van der Waals surface area contributed by atoms with E-state index in [1.807, 2.05) is 12.1 Å². The van der Waals surface area contributed by atoms with E-state index in [4.69, 9.17) is 9.47 Å². The van der Waals surface area contributed by atoms with E-state index in [-0.39, 0.29) is 3.79 Å². The Morgan fingerprint density at radius 1 is 1.29 bits per heavy atom. The predicted octanol–water partition coefficient (Wildman–Crippen LogP) is 3.48. The lowest BCUT2D eigenvalue weighted by Gasteiger charge is -2.14. The number of hydrogen-bond acceptors (Lipinski definition) is 3. The highest BCUT2D eigenvalue weighted by Gasteiger charge is 2.16. The lowest BCUT2D eigenvalue weighted by atomic mass is 10.0. The Morgan fingerprint density at radius 2 is 1.94 bits per heavy atom. The van der Waals surface area contributed by atoms with Crippen molar-refractivity contribution in [3.8, 4) is 11.5 Å². The van der Waals surface area contributed by atoms with Gasteiger partial charge < -0.3 is 9.47 Å². The minimum Gasteiger partial charge on any atom is -0.493 e. The first-order chi connectivity index (χ1) is 7.99. The van der Waals surface area contributed by atoms with Crippen molar-refractivity contribution in [2.75, 3.05) is 14.2 Å². The van der Waals surface area contributed by atoms with E-state index in [0.29, 0.717) is 23.0 Å². The largest absolute Gasteiger partial charge is 0.493 e. The van der Waals surface area contributed by atoms with Gasteiger partial charge in [-0.2, -0.15) is 0 Å². The number of hydrogen-bond donors (Lipinski definition) is 0. The van der Waals surface area contributed by atoms with Crippen molar-refractivity contribution in [3.05, 3.63) is 23.3 Å². The van der Waals surface area contributed by atoms with Crippen molar-refractivity contribution in [1.29, 1.82) is 0 Å². The molecule has 0 spiro atoms. The predicted molar refractivity (Wildman–Crippen MR) is 76.4 cm³/mol. The van der Waals surface area contributed by atoms with Crippen LogP contribution in [-0.4, -0.2) is 18.0 Å². The summed E-state index contributed by atoms with van der Waals surface area (Å²) in [6.07, 6.45) is 0.914. The van der Waals surface area contributed by atoms with Crippen LogP contribution in [0.15, 0.2) is 12.1 Å². The molecule has 1 rings (SSSR count). The molecule has 0 heterocycles. The van der Waals surface area contributed by atoms with Crippen LogP contribution in [0.3, 0.4) is 0 Å². The third-order valence-electron chi connectivity index (χ3n) is 2.39. The fraction of sp³-hybridized carbons (Fsp3) is 0.462. The fourth-order valence-electron chi connectivity index (χ4n) is 1.76. The number of benzene rings is 1. The Bertz CT molecular complexity index is 413. The molecule has 3 nitrogen and oxygen atoms in total. The van der Waals surface area contributed by atoms with E-state index in [2.05, 4.69) is 13.8 Å². The molecule has 0 N–H and O–H groups in total. The molecule has 0 bridgehead atoms. The zero-order chi connectivity index (χ0) is 13.0. The zero-order valence-electron chi connectivity index (χ0n) is 10.5. The normalized spacial score (nSPS) is 10.5. The van der Waals surface area contributed by atoms with E-state index in [9.17, 15) is 4.79 Å². The molecule has 0 radical (unpaired) electrons. The molecule has 0 saturated carbocycles. The number of methoxy groups -OCH3 is 2. The molecule has 0 fully saturated rings. The molecule has 0 unspecified atom stereocenters. The van der Waals surface area contributed by atoms with E-state index < -0.39 is 0 Å². The number of carbonyl (C=O) groups is 1. The van der Waals surface area contributed by atoms with Gasteiger partial charge in [-0.25, -0.2) is 0 Å². The summed E-state index contributed by atoms with van der Waals surface area (Å²) in [5.41, 5.74) is 1.67. The van der Waals surface area contributed by atoms with Gasteiger partial charge in [-0.15, -0.1) is 0 Å². The van der Waals surface area contributed by atoms with Gasteiger partial charge in [0.15, 0.2) is 11.5 Å². The second kappa shape index (κ2) is 6.23. The van der Waals surface area contributed by atoms with Crippen LogP contribution < -0.4 is 9.47 Å². The van der Waals surface area contributed by atoms with Gasteiger partial charge >= 0.3 is 0 Å². The summed E-state index contributed by atoms with van der Waals surface area (Å²) in [4.78, 5) is 11.6. The van der Waals surface area contributed by atoms with Crippen LogP contribution in [0.2, 0.25) is 0 Å². The first-order valence-electron chi connectivity index (χ1n) is 5.44. The summed E-state index contributed by atoms with van der Waals surface area (Å²) in [6.45, 7) is 4.28. The molecule has 0 amide bonds. The van der Waals surface area contributed by atoms with Gasteiger partial charge in [-0.05, 0) is 30.0 Å². The molecule has 17 heavy (non-hydrogen) atoms. The van der Waals surface area contributed by atoms with Gasteiger partial charge in [0.2, 0.25) is 3.79 Å². The highest BCUT2D eigenvalue weighted by molar-refractivity contribution is 14.1. The average molecular weight is 348 g/mol. The van der Waals surface area contributed by atoms with E-state index in [0.717, 1.165) is 12.0 Å². The van der Waals surface area contributed by atoms with Crippen molar-refractivity contribution < 1.29 is 14.3 Å². The molecule has 4 heteroatoms. The molecule has 0 aliphatic carbocycles. The van der Waals surface area contributed by atoms with Crippen LogP contribution >= 0.6 is 22.6 Å². The maximum absolute atomic E-state index is 11.6. The molecule has 0 aliphatic rings. The zero-order valence-corrected chi connectivity index (χ0v) is 12.7. The molecule has 94 valence electrons. The van der Waals surface area contributed by atoms with Crippen LogP contribution in [0.1, 0.15) is 29.8 Å². The Kier molecular flexibility index (Phi) is 5.24. The van der Waals surface area contributed by atoms with Crippen LogP contribution in [-0.2, 0) is 6.42 Å². The summed E-state index contributed by atoms with van der Waals surface area (Å²) in [5, 5.41) is 0.